The van der Waals surface area contributed by atoms with Crippen molar-refractivity contribution in [3.63, 3.8) is 0 Å². The van der Waals surface area contributed by atoms with Gasteiger partial charge in [-0.3, -0.25) is 14.5 Å². The first-order valence-electron chi connectivity index (χ1n) is 9.02. The summed E-state index contributed by atoms with van der Waals surface area (Å²) < 4.78 is 4.74. The van der Waals surface area contributed by atoms with Crippen LogP contribution in [0, 0.1) is 0 Å². The van der Waals surface area contributed by atoms with Crippen molar-refractivity contribution in [1.29, 1.82) is 0 Å². The molecule has 26 heavy (non-hydrogen) atoms. The molecule has 0 bridgehead atoms. The molecule has 0 atom stereocenters. The summed E-state index contributed by atoms with van der Waals surface area (Å²) in [6.07, 6.45) is 3.43. The molecule has 0 radical (unpaired) electrons. The van der Waals surface area contributed by atoms with Crippen LogP contribution in [0.2, 0.25) is 0 Å². The predicted molar refractivity (Wildman–Crippen MR) is 96.0 cm³/mol. The first kappa shape index (κ1) is 16.8. The van der Waals surface area contributed by atoms with Crippen LogP contribution in [-0.2, 0) is 11.2 Å². The summed E-state index contributed by atoms with van der Waals surface area (Å²) in [5.74, 6) is 0.0168. The van der Waals surface area contributed by atoms with Crippen LogP contribution in [0.15, 0.2) is 41.1 Å². The molecular formula is C19H22N4O3. The van der Waals surface area contributed by atoms with E-state index in [4.69, 9.17) is 4.52 Å². The molecule has 2 amide bonds. The molecule has 0 N–H and O–H groups in total. The molecule has 2 aliphatic heterocycles. The maximum Gasteiger partial charge on any atom is 0.276 e. The number of anilines is 1. The quantitative estimate of drug-likeness (QED) is 0.834. The van der Waals surface area contributed by atoms with Crippen molar-refractivity contribution in [2.45, 2.75) is 12.8 Å². The summed E-state index contributed by atoms with van der Waals surface area (Å²) in [5.41, 5.74) is 2.62. The minimum absolute atomic E-state index is 0.116. The Labute approximate surface area is 152 Å². The zero-order valence-corrected chi connectivity index (χ0v) is 14.6. The summed E-state index contributed by atoms with van der Waals surface area (Å²) in [6, 6.07) is 9.71. The van der Waals surface area contributed by atoms with E-state index in [2.05, 4.69) is 16.1 Å². The topological polar surface area (TPSA) is 69.9 Å². The van der Waals surface area contributed by atoms with E-state index in [-0.39, 0.29) is 11.8 Å². The van der Waals surface area contributed by atoms with Crippen LogP contribution in [0.3, 0.4) is 0 Å². The monoisotopic (exact) mass is 354 g/mol. The first-order chi connectivity index (χ1) is 12.7. The minimum Gasteiger partial charge on any atom is -0.364 e. The van der Waals surface area contributed by atoms with Gasteiger partial charge in [-0.2, -0.15) is 0 Å². The highest BCUT2D eigenvalue weighted by molar-refractivity contribution is 5.96. The third-order valence-electron chi connectivity index (χ3n) is 5.09. The summed E-state index contributed by atoms with van der Waals surface area (Å²) in [5, 5.41) is 3.70. The summed E-state index contributed by atoms with van der Waals surface area (Å²) in [7, 11) is 0. The van der Waals surface area contributed by atoms with Gasteiger partial charge in [0.05, 0.1) is 6.54 Å². The predicted octanol–water partition coefficient (Wildman–Crippen LogP) is 1.41. The molecule has 1 saturated heterocycles. The number of nitrogens with zero attached hydrogens (tertiary/aromatic N) is 4. The molecule has 1 aromatic carbocycles. The SMILES string of the molecule is O=C(c1ccon1)N1CCN(CC(=O)N2CCCc3ccccc32)CC1. The number of hydrogen-bond donors (Lipinski definition) is 0. The fraction of sp³-hybridized carbons (Fsp3) is 0.421. The Kier molecular flexibility index (Phi) is 4.71. The summed E-state index contributed by atoms with van der Waals surface area (Å²) in [4.78, 5) is 30.9. The van der Waals surface area contributed by atoms with Gasteiger partial charge in [-0.05, 0) is 24.5 Å². The Morgan fingerprint density at radius 1 is 1.04 bits per heavy atom. The fourth-order valence-electron chi connectivity index (χ4n) is 3.66. The van der Waals surface area contributed by atoms with Crippen molar-refractivity contribution in [3.05, 3.63) is 47.9 Å². The van der Waals surface area contributed by atoms with E-state index in [1.54, 1.807) is 11.0 Å². The third-order valence-corrected chi connectivity index (χ3v) is 5.09. The van der Waals surface area contributed by atoms with Crippen molar-refractivity contribution in [1.82, 2.24) is 15.0 Å². The van der Waals surface area contributed by atoms with Crippen molar-refractivity contribution in [3.8, 4) is 0 Å². The maximum atomic E-state index is 12.8. The van der Waals surface area contributed by atoms with Gasteiger partial charge in [0.1, 0.15) is 6.26 Å². The number of carbonyl (C=O) groups excluding carboxylic acids is 2. The van der Waals surface area contributed by atoms with Crippen LogP contribution in [-0.4, -0.2) is 66.0 Å². The van der Waals surface area contributed by atoms with Gasteiger partial charge in [-0.25, -0.2) is 0 Å². The largest absolute Gasteiger partial charge is 0.364 e. The second-order valence-electron chi connectivity index (χ2n) is 6.73. The Morgan fingerprint density at radius 2 is 1.85 bits per heavy atom. The highest BCUT2D eigenvalue weighted by Crippen LogP contribution is 2.26. The van der Waals surface area contributed by atoms with Crippen molar-refractivity contribution < 1.29 is 14.1 Å². The molecule has 7 heteroatoms. The van der Waals surface area contributed by atoms with Gasteiger partial charge in [-0.15, -0.1) is 0 Å². The van der Waals surface area contributed by atoms with E-state index in [1.807, 2.05) is 23.1 Å². The molecule has 2 aromatic rings. The number of fused-ring (bicyclic) bond motifs is 1. The lowest BCUT2D eigenvalue weighted by molar-refractivity contribution is -0.120. The number of hydrogen-bond acceptors (Lipinski definition) is 5. The standard InChI is InChI=1S/C19H22N4O3/c24-18(23-8-3-5-15-4-1-2-6-17(15)23)14-21-9-11-22(12-10-21)19(25)16-7-13-26-20-16/h1-2,4,6-7,13H,3,5,8-12,14H2. The van der Waals surface area contributed by atoms with Crippen molar-refractivity contribution in [2.24, 2.45) is 0 Å². The lowest BCUT2D eigenvalue weighted by atomic mass is 10.0. The van der Waals surface area contributed by atoms with Crippen LogP contribution < -0.4 is 4.90 Å². The number of benzene rings is 1. The fourth-order valence-corrected chi connectivity index (χ4v) is 3.66. The summed E-state index contributed by atoms with van der Waals surface area (Å²) in [6.45, 7) is 3.72. The Bertz CT molecular complexity index is 782. The van der Waals surface area contributed by atoms with Gasteiger partial charge >= 0.3 is 0 Å². The van der Waals surface area contributed by atoms with Crippen LogP contribution >= 0.6 is 0 Å². The maximum absolute atomic E-state index is 12.8. The molecule has 136 valence electrons. The number of amides is 2. The third kappa shape index (κ3) is 3.35. The zero-order chi connectivity index (χ0) is 17.9. The number of aryl methyl sites for hydroxylation is 1. The van der Waals surface area contributed by atoms with Crippen LogP contribution in [0.4, 0.5) is 5.69 Å². The summed E-state index contributed by atoms with van der Waals surface area (Å²) >= 11 is 0. The Balaban J connectivity index is 1.34. The number of para-hydroxylation sites is 1. The number of carbonyl (C=O) groups is 2. The smallest absolute Gasteiger partial charge is 0.276 e. The van der Waals surface area contributed by atoms with Crippen molar-refractivity contribution in [2.75, 3.05) is 44.2 Å². The number of piperazine rings is 1. The van der Waals surface area contributed by atoms with Crippen LogP contribution in [0.5, 0.6) is 0 Å². The highest BCUT2D eigenvalue weighted by Gasteiger charge is 2.27. The van der Waals surface area contributed by atoms with E-state index < -0.39 is 0 Å². The van der Waals surface area contributed by atoms with Gasteiger partial charge in [-0.1, -0.05) is 23.4 Å². The lowest BCUT2D eigenvalue weighted by Crippen LogP contribution is -2.52. The zero-order valence-electron chi connectivity index (χ0n) is 14.6. The van der Waals surface area contributed by atoms with Crippen LogP contribution in [0.1, 0.15) is 22.5 Å². The molecule has 0 aliphatic carbocycles. The molecule has 7 nitrogen and oxygen atoms in total. The minimum atomic E-state index is -0.116. The van der Waals surface area contributed by atoms with E-state index in [1.165, 1.54) is 11.8 Å². The molecule has 1 aromatic heterocycles. The average Bonchev–Trinajstić information content (AvgIpc) is 3.22. The molecule has 1 fully saturated rings. The second-order valence-corrected chi connectivity index (χ2v) is 6.73. The van der Waals surface area contributed by atoms with Crippen molar-refractivity contribution >= 4 is 17.5 Å². The van der Waals surface area contributed by atoms with Gasteiger partial charge in [0, 0.05) is 44.5 Å². The Morgan fingerprint density at radius 3 is 2.62 bits per heavy atom. The number of rotatable bonds is 3. The molecule has 0 spiro atoms. The van der Waals surface area contributed by atoms with Crippen LogP contribution in [0.25, 0.3) is 0 Å². The molecule has 0 unspecified atom stereocenters. The first-order valence-corrected chi connectivity index (χ1v) is 9.02. The molecular weight excluding hydrogens is 332 g/mol. The van der Waals surface area contributed by atoms with E-state index >= 15 is 0 Å². The molecule has 3 heterocycles. The highest BCUT2D eigenvalue weighted by atomic mass is 16.5. The second kappa shape index (κ2) is 7.29. The van der Waals surface area contributed by atoms with Gasteiger partial charge in [0.15, 0.2) is 5.69 Å². The van der Waals surface area contributed by atoms with E-state index in [0.717, 1.165) is 25.1 Å². The van der Waals surface area contributed by atoms with E-state index in [0.29, 0.717) is 38.4 Å². The van der Waals surface area contributed by atoms with Gasteiger partial charge in [0.25, 0.3) is 5.91 Å². The van der Waals surface area contributed by atoms with Gasteiger partial charge in [0.2, 0.25) is 5.91 Å². The molecule has 2 aliphatic rings. The lowest BCUT2D eigenvalue weighted by Gasteiger charge is -2.36. The normalized spacial score (nSPS) is 17.8. The molecule has 4 rings (SSSR count). The Hall–Kier alpha value is -2.67. The van der Waals surface area contributed by atoms with E-state index in [9.17, 15) is 9.59 Å². The van der Waals surface area contributed by atoms with Gasteiger partial charge < -0.3 is 14.3 Å². The number of aromatic nitrogens is 1. The molecule has 0 saturated carbocycles. The average molecular weight is 354 g/mol.